The predicted molar refractivity (Wildman–Crippen MR) is 124 cm³/mol. The number of benzene rings is 1. The fourth-order valence-electron chi connectivity index (χ4n) is 4.54. The van der Waals surface area contributed by atoms with Gasteiger partial charge in [0.25, 0.3) is 0 Å². The molecule has 4 rings (SSSR count). The van der Waals surface area contributed by atoms with E-state index >= 15 is 0 Å². The van der Waals surface area contributed by atoms with Crippen molar-refractivity contribution < 1.29 is 13.9 Å². The summed E-state index contributed by atoms with van der Waals surface area (Å²) in [5.74, 6) is 1.35. The maximum absolute atomic E-state index is 13.0. The lowest BCUT2D eigenvalue weighted by molar-refractivity contribution is 0.104. The van der Waals surface area contributed by atoms with Gasteiger partial charge in [0.15, 0.2) is 7.98 Å². The highest BCUT2D eigenvalue weighted by Gasteiger charge is 2.22. The molecule has 2 fully saturated rings. The van der Waals surface area contributed by atoms with Gasteiger partial charge in [-0.2, -0.15) is 0 Å². The third-order valence-electron chi connectivity index (χ3n) is 6.64. The van der Waals surface area contributed by atoms with E-state index in [0.717, 1.165) is 62.6 Å². The molecule has 0 bridgehead atoms. The van der Waals surface area contributed by atoms with E-state index in [1.165, 1.54) is 31.5 Å². The first-order valence-corrected chi connectivity index (χ1v) is 11.5. The lowest BCUT2D eigenvalue weighted by Crippen LogP contribution is -2.34. The molecule has 0 spiro atoms. The van der Waals surface area contributed by atoms with E-state index in [2.05, 4.69) is 28.7 Å². The van der Waals surface area contributed by atoms with Crippen LogP contribution in [0.2, 0.25) is 0 Å². The Kier molecular flexibility index (Phi) is 7.81. The maximum Gasteiger partial charge on any atom is 0.185 e. The molecular formula is C24H33BFN3O2. The van der Waals surface area contributed by atoms with Crippen LogP contribution in [0.15, 0.2) is 42.7 Å². The van der Waals surface area contributed by atoms with Crippen LogP contribution in [0.25, 0.3) is 0 Å². The summed E-state index contributed by atoms with van der Waals surface area (Å²) in [5, 5.41) is 0. The number of hydrogen-bond acceptors (Lipinski definition) is 5. The number of aromatic nitrogens is 1. The molecule has 2 saturated heterocycles. The standard InChI is InChI=1S/C24H33BFN3O2/c25-29-10-1-2-22(29)18-31-24-14-23(15-27-16-24)28-11-7-19(8-12-28)9-13-30-17-20-3-5-21(26)6-4-20/h3-6,14-16,19,22H,1-2,7-13,17-18,25H2/t22-/m0/s1. The summed E-state index contributed by atoms with van der Waals surface area (Å²) in [4.78, 5) is 9.21. The Labute approximate surface area is 186 Å². The molecule has 0 aliphatic carbocycles. The molecule has 1 atom stereocenters. The minimum absolute atomic E-state index is 0.204. The number of ether oxygens (including phenoxy) is 2. The zero-order valence-electron chi connectivity index (χ0n) is 18.5. The molecule has 2 aliphatic rings. The van der Waals surface area contributed by atoms with E-state index in [-0.39, 0.29) is 5.82 Å². The molecule has 2 aliphatic heterocycles. The molecule has 2 aromatic rings. The highest BCUT2D eigenvalue weighted by Crippen LogP contribution is 2.27. The average Bonchev–Trinajstić information content (AvgIpc) is 3.22. The van der Waals surface area contributed by atoms with Gasteiger partial charge in [-0.25, -0.2) is 4.39 Å². The van der Waals surface area contributed by atoms with Crippen molar-refractivity contribution >= 4 is 13.7 Å². The van der Waals surface area contributed by atoms with Crippen LogP contribution in [-0.4, -0.2) is 56.7 Å². The van der Waals surface area contributed by atoms with E-state index in [1.807, 2.05) is 12.4 Å². The zero-order chi connectivity index (χ0) is 21.5. The van der Waals surface area contributed by atoms with Crippen LogP contribution in [0.5, 0.6) is 5.75 Å². The molecular weight excluding hydrogens is 392 g/mol. The Balaban J connectivity index is 1.16. The third kappa shape index (κ3) is 6.43. The first-order valence-electron chi connectivity index (χ1n) is 11.5. The van der Waals surface area contributed by atoms with Gasteiger partial charge < -0.3 is 19.2 Å². The van der Waals surface area contributed by atoms with Crippen molar-refractivity contribution in [2.45, 2.75) is 44.8 Å². The SMILES string of the molecule is BN1CCC[C@H]1COc1cncc(N2CCC(CCOCc3ccc(F)cc3)CC2)c1. The minimum Gasteiger partial charge on any atom is -0.490 e. The molecule has 0 amide bonds. The molecule has 7 heteroatoms. The lowest BCUT2D eigenvalue weighted by Gasteiger charge is -2.33. The van der Waals surface area contributed by atoms with Gasteiger partial charge in [0.1, 0.15) is 18.2 Å². The smallest absolute Gasteiger partial charge is 0.185 e. The van der Waals surface area contributed by atoms with E-state index in [4.69, 9.17) is 9.47 Å². The second-order valence-electron chi connectivity index (χ2n) is 8.86. The van der Waals surface area contributed by atoms with Crippen LogP contribution in [0.1, 0.15) is 37.7 Å². The van der Waals surface area contributed by atoms with Gasteiger partial charge >= 0.3 is 0 Å². The topological polar surface area (TPSA) is 37.8 Å². The summed E-state index contributed by atoms with van der Waals surface area (Å²) in [7, 11) is 2.17. The largest absolute Gasteiger partial charge is 0.490 e. The first kappa shape index (κ1) is 22.1. The number of piperidine rings is 1. The fraction of sp³-hybridized carbons (Fsp3) is 0.542. The highest BCUT2D eigenvalue weighted by molar-refractivity contribution is 6.04. The molecule has 31 heavy (non-hydrogen) atoms. The Morgan fingerprint density at radius 1 is 1.06 bits per heavy atom. The highest BCUT2D eigenvalue weighted by atomic mass is 19.1. The molecule has 3 heterocycles. The predicted octanol–water partition coefficient (Wildman–Crippen LogP) is 3.44. The Morgan fingerprint density at radius 2 is 1.87 bits per heavy atom. The van der Waals surface area contributed by atoms with Gasteiger partial charge in [-0.1, -0.05) is 12.1 Å². The van der Waals surface area contributed by atoms with Crippen LogP contribution in [-0.2, 0) is 11.3 Å². The van der Waals surface area contributed by atoms with E-state index < -0.39 is 0 Å². The van der Waals surface area contributed by atoms with Crippen molar-refractivity contribution in [3.05, 3.63) is 54.1 Å². The summed E-state index contributed by atoms with van der Waals surface area (Å²) in [6.45, 7) is 5.29. The Bertz CT molecular complexity index is 815. The normalized spacial score (nSPS) is 20.3. The fourth-order valence-corrected chi connectivity index (χ4v) is 4.54. The van der Waals surface area contributed by atoms with Crippen molar-refractivity contribution in [3.8, 4) is 5.75 Å². The van der Waals surface area contributed by atoms with E-state index in [0.29, 0.717) is 18.6 Å². The van der Waals surface area contributed by atoms with Crippen molar-refractivity contribution in [3.63, 3.8) is 0 Å². The van der Waals surface area contributed by atoms with Crippen LogP contribution in [0.4, 0.5) is 10.1 Å². The quantitative estimate of drug-likeness (QED) is 0.455. The van der Waals surface area contributed by atoms with Crippen LogP contribution in [0.3, 0.4) is 0 Å². The van der Waals surface area contributed by atoms with Gasteiger partial charge in [0, 0.05) is 31.8 Å². The number of anilines is 1. The van der Waals surface area contributed by atoms with E-state index in [1.54, 1.807) is 12.1 Å². The molecule has 0 radical (unpaired) electrons. The molecule has 1 aromatic heterocycles. The maximum atomic E-state index is 13.0. The monoisotopic (exact) mass is 425 g/mol. The molecule has 0 N–H and O–H groups in total. The minimum atomic E-state index is -0.204. The molecule has 5 nitrogen and oxygen atoms in total. The number of pyridine rings is 1. The lowest BCUT2D eigenvalue weighted by atomic mass is 9.94. The summed E-state index contributed by atoms with van der Waals surface area (Å²) in [5.41, 5.74) is 2.17. The molecule has 1 aromatic carbocycles. The third-order valence-corrected chi connectivity index (χ3v) is 6.64. The summed E-state index contributed by atoms with van der Waals surface area (Å²) in [6, 6.07) is 9.18. The molecule has 166 valence electrons. The van der Waals surface area contributed by atoms with Crippen molar-refractivity contribution in [1.82, 2.24) is 9.79 Å². The van der Waals surface area contributed by atoms with Crippen molar-refractivity contribution in [1.29, 1.82) is 0 Å². The van der Waals surface area contributed by atoms with Crippen LogP contribution < -0.4 is 9.64 Å². The number of hydrogen-bond donors (Lipinski definition) is 0. The summed E-state index contributed by atoms with van der Waals surface area (Å²) < 4.78 is 24.8. The van der Waals surface area contributed by atoms with Gasteiger partial charge in [-0.05, 0) is 62.3 Å². The van der Waals surface area contributed by atoms with Crippen LogP contribution in [0, 0.1) is 11.7 Å². The number of halogens is 1. The number of nitrogens with zero attached hydrogens (tertiary/aromatic N) is 3. The Hall–Kier alpha value is -2.12. The molecule has 0 unspecified atom stereocenters. The summed E-state index contributed by atoms with van der Waals surface area (Å²) in [6.07, 6.45) is 9.64. The van der Waals surface area contributed by atoms with Gasteiger partial charge in [-0.3, -0.25) is 4.98 Å². The van der Waals surface area contributed by atoms with Crippen LogP contribution >= 0.6 is 0 Å². The van der Waals surface area contributed by atoms with Crippen molar-refractivity contribution in [2.24, 2.45) is 5.92 Å². The van der Waals surface area contributed by atoms with Crippen molar-refractivity contribution in [2.75, 3.05) is 37.7 Å². The molecule has 0 saturated carbocycles. The second kappa shape index (κ2) is 11.0. The zero-order valence-corrected chi connectivity index (χ0v) is 18.5. The average molecular weight is 425 g/mol. The first-order chi connectivity index (χ1) is 15.2. The summed E-state index contributed by atoms with van der Waals surface area (Å²) >= 11 is 0. The van der Waals surface area contributed by atoms with E-state index in [9.17, 15) is 4.39 Å². The van der Waals surface area contributed by atoms with Gasteiger partial charge in [-0.15, -0.1) is 0 Å². The van der Waals surface area contributed by atoms with Gasteiger partial charge in [0.2, 0.25) is 0 Å². The van der Waals surface area contributed by atoms with Gasteiger partial charge in [0.05, 0.1) is 24.7 Å². The number of rotatable bonds is 9. The Morgan fingerprint density at radius 3 is 2.61 bits per heavy atom. The second-order valence-corrected chi connectivity index (χ2v) is 8.86.